The molecule has 11 heteroatoms. The first-order chi connectivity index (χ1) is 15.1. The number of carbonyl (C=O) groups is 1. The Bertz CT molecular complexity index is 1030. The second-order valence-corrected chi connectivity index (χ2v) is 10.8. The Labute approximate surface area is 189 Å². The molecule has 31 heavy (non-hydrogen) atoms. The van der Waals surface area contributed by atoms with E-state index < -0.39 is 0 Å². The van der Waals surface area contributed by atoms with Crippen LogP contribution in [0.2, 0.25) is 0 Å². The quantitative estimate of drug-likeness (QED) is 0.670. The SMILES string of the molecule is CC[C@]1(C)Cc2c(sc3c2C2NCNN2c2nnc(SCC(=O)N4CCCC4)n2-3)CO1. The third-order valence-electron chi connectivity index (χ3n) is 6.86. The maximum Gasteiger partial charge on any atom is 0.249 e. The Morgan fingerprint density at radius 3 is 3.00 bits per heavy atom. The van der Waals surface area contributed by atoms with Crippen molar-refractivity contribution >= 4 is 35.0 Å². The number of anilines is 1. The predicted octanol–water partition coefficient (Wildman–Crippen LogP) is 2.17. The zero-order chi connectivity index (χ0) is 21.2. The molecule has 4 aliphatic rings. The summed E-state index contributed by atoms with van der Waals surface area (Å²) in [4.78, 5) is 15.8. The van der Waals surface area contributed by atoms with Crippen molar-refractivity contribution in [2.75, 3.05) is 30.5 Å². The predicted molar refractivity (Wildman–Crippen MR) is 119 cm³/mol. The summed E-state index contributed by atoms with van der Waals surface area (Å²) in [6.07, 6.45) is 4.14. The number of nitrogens with one attached hydrogen (secondary N) is 2. The van der Waals surface area contributed by atoms with Gasteiger partial charge in [0.25, 0.3) is 0 Å². The van der Waals surface area contributed by atoms with Gasteiger partial charge in [-0.05, 0) is 31.7 Å². The number of hydrogen-bond acceptors (Lipinski definition) is 9. The molecule has 0 saturated carbocycles. The molecule has 0 aliphatic carbocycles. The molecule has 2 aromatic rings. The molecule has 0 bridgehead atoms. The Morgan fingerprint density at radius 1 is 1.35 bits per heavy atom. The van der Waals surface area contributed by atoms with Gasteiger partial charge in [-0.1, -0.05) is 18.7 Å². The molecule has 6 rings (SSSR count). The highest BCUT2D eigenvalue weighted by Crippen LogP contribution is 2.49. The fraction of sp³-hybridized carbons (Fsp3) is 0.650. The number of thiophene rings is 1. The summed E-state index contributed by atoms with van der Waals surface area (Å²) in [7, 11) is 0. The van der Waals surface area contributed by atoms with Crippen molar-refractivity contribution in [3.05, 3.63) is 16.0 Å². The van der Waals surface area contributed by atoms with Crippen LogP contribution in [0.3, 0.4) is 0 Å². The third kappa shape index (κ3) is 3.12. The molecule has 0 aromatic carbocycles. The van der Waals surface area contributed by atoms with Crippen molar-refractivity contribution in [2.24, 2.45) is 0 Å². The van der Waals surface area contributed by atoms with Crippen molar-refractivity contribution in [3.63, 3.8) is 0 Å². The molecule has 0 spiro atoms. The maximum atomic E-state index is 12.6. The highest BCUT2D eigenvalue weighted by atomic mass is 32.2. The van der Waals surface area contributed by atoms with Gasteiger partial charge in [0.05, 0.1) is 24.6 Å². The van der Waals surface area contributed by atoms with Crippen LogP contribution in [0.5, 0.6) is 0 Å². The van der Waals surface area contributed by atoms with Crippen LogP contribution in [0.4, 0.5) is 5.95 Å². The molecule has 1 unspecified atom stereocenters. The number of hydrazine groups is 1. The van der Waals surface area contributed by atoms with Crippen LogP contribution in [-0.2, 0) is 22.6 Å². The third-order valence-corrected chi connectivity index (χ3v) is 8.98. The van der Waals surface area contributed by atoms with Gasteiger partial charge in [0.1, 0.15) is 11.2 Å². The number of amides is 1. The second kappa shape index (κ2) is 7.45. The summed E-state index contributed by atoms with van der Waals surface area (Å²) in [5, 5.41) is 16.5. The van der Waals surface area contributed by atoms with Gasteiger partial charge in [-0.3, -0.25) is 15.1 Å². The normalized spacial score (nSPS) is 26.6. The number of aromatic nitrogens is 3. The van der Waals surface area contributed by atoms with E-state index in [1.807, 2.05) is 4.90 Å². The molecule has 166 valence electrons. The minimum atomic E-state index is -0.133. The highest BCUT2D eigenvalue weighted by molar-refractivity contribution is 7.99. The maximum absolute atomic E-state index is 12.6. The Morgan fingerprint density at radius 2 is 2.19 bits per heavy atom. The van der Waals surface area contributed by atoms with Gasteiger partial charge in [-0.15, -0.1) is 21.5 Å². The lowest BCUT2D eigenvalue weighted by atomic mass is 9.88. The minimum Gasteiger partial charge on any atom is -0.369 e. The number of rotatable bonds is 4. The Kier molecular flexibility index (Phi) is 4.80. The topological polar surface area (TPSA) is 87.5 Å². The fourth-order valence-corrected chi connectivity index (χ4v) is 7.02. The monoisotopic (exact) mass is 461 g/mol. The lowest BCUT2D eigenvalue weighted by Gasteiger charge is -2.35. The van der Waals surface area contributed by atoms with Gasteiger partial charge >= 0.3 is 0 Å². The smallest absolute Gasteiger partial charge is 0.249 e. The zero-order valence-electron chi connectivity index (χ0n) is 17.8. The van der Waals surface area contributed by atoms with E-state index in [0.717, 1.165) is 54.9 Å². The summed E-state index contributed by atoms with van der Waals surface area (Å²) in [5.74, 6) is 1.36. The lowest BCUT2D eigenvalue weighted by Crippen LogP contribution is -2.40. The van der Waals surface area contributed by atoms with Gasteiger partial charge in [0.15, 0.2) is 5.16 Å². The van der Waals surface area contributed by atoms with Crippen molar-refractivity contribution in [3.8, 4) is 5.00 Å². The van der Waals surface area contributed by atoms with E-state index in [-0.39, 0.29) is 17.7 Å². The summed E-state index contributed by atoms with van der Waals surface area (Å²) in [6.45, 7) is 7.47. The van der Waals surface area contributed by atoms with Gasteiger partial charge < -0.3 is 9.64 Å². The van der Waals surface area contributed by atoms with E-state index in [1.54, 1.807) is 11.3 Å². The van der Waals surface area contributed by atoms with Crippen molar-refractivity contribution in [2.45, 2.75) is 63.1 Å². The molecule has 4 aliphatic heterocycles. The first kappa shape index (κ1) is 20.0. The Hall–Kier alpha value is -1.66. The first-order valence-electron chi connectivity index (χ1n) is 11.0. The summed E-state index contributed by atoms with van der Waals surface area (Å²) >= 11 is 3.26. The number of carbonyl (C=O) groups excluding carboxylic acids is 1. The van der Waals surface area contributed by atoms with Crippen molar-refractivity contribution in [1.82, 2.24) is 30.4 Å². The number of thioether (sulfide) groups is 1. The summed E-state index contributed by atoms with van der Waals surface area (Å²) < 4.78 is 8.36. The van der Waals surface area contributed by atoms with Gasteiger partial charge in [-0.2, -0.15) is 0 Å². The van der Waals surface area contributed by atoms with Crippen molar-refractivity contribution < 1.29 is 9.53 Å². The largest absolute Gasteiger partial charge is 0.369 e. The van der Waals surface area contributed by atoms with Crippen LogP contribution in [-0.4, -0.2) is 56.7 Å². The van der Waals surface area contributed by atoms with Crippen LogP contribution in [0, 0.1) is 0 Å². The van der Waals surface area contributed by atoms with Crippen LogP contribution < -0.4 is 15.8 Å². The first-order valence-corrected chi connectivity index (χ1v) is 12.8. The standard InChI is InChI=1S/C20H27N7O2S2/c1-3-20(2)8-12-13(9-29-20)31-17-15(12)16-21-11-22-27(16)18-23-24-19(26(17)18)30-10-14(28)25-6-4-5-7-25/h16,21-22H,3-11H2,1-2H3/t16?,20-/m1/s1. The number of likely N-dealkylation sites (tertiary alicyclic amines) is 1. The van der Waals surface area contributed by atoms with Gasteiger partial charge in [0, 0.05) is 30.0 Å². The van der Waals surface area contributed by atoms with E-state index >= 15 is 0 Å². The van der Waals surface area contributed by atoms with E-state index in [4.69, 9.17) is 4.74 Å². The molecular formula is C20H27N7O2S2. The zero-order valence-corrected chi connectivity index (χ0v) is 19.4. The van der Waals surface area contributed by atoms with Gasteiger partial charge in [0.2, 0.25) is 11.9 Å². The van der Waals surface area contributed by atoms with Crippen LogP contribution in [0.15, 0.2) is 5.16 Å². The average Bonchev–Trinajstić information content (AvgIpc) is 3.56. The molecule has 2 atom stereocenters. The molecule has 2 saturated heterocycles. The number of nitrogens with zero attached hydrogens (tertiary/aromatic N) is 5. The van der Waals surface area contributed by atoms with E-state index in [1.165, 1.54) is 27.8 Å². The molecule has 6 heterocycles. The number of hydrogen-bond donors (Lipinski definition) is 2. The molecule has 2 N–H and O–H groups in total. The molecule has 1 amide bonds. The average molecular weight is 462 g/mol. The van der Waals surface area contributed by atoms with E-state index in [0.29, 0.717) is 19.0 Å². The molecule has 0 radical (unpaired) electrons. The highest BCUT2D eigenvalue weighted by Gasteiger charge is 2.44. The molecule has 9 nitrogen and oxygen atoms in total. The van der Waals surface area contributed by atoms with E-state index in [2.05, 4.69) is 44.4 Å². The molecular weight excluding hydrogens is 434 g/mol. The van der Waals surface area contributed by atoms with E-state index in [9.17, 15) is 4.79 Å². The van der Waals surface area contributed by atoms with Gasteiger partial charge in [-0.25, -0.2) is 9.99 Å². The fourth-order valence-electron chi connectivity index (χ4n) is 4.86. The number of fused-ring (bicyclic) bond motifs is 8. The Balaban J connectivity index is 1.37. The lowest BCUT2D eigenvalue weighted by molar-refractivity contribution is -0.127. The van der Waals surface area contributed by atoms with Crippen molar-refractivity contribution in [1.29, 1.82) is 0 Å². The second-order valence-electron chi connectivity index (χ2n) is 8.80. The van der Waals surface area contributed by atoms with Crippen LogP contribution >= 0.6 is 23.1 Å². The summed E-state index contributed by atoms with van der Waals surface area (Å²) in [6, 6.07) is 0. The molecule has 2 fully saturated rings. The molecule has 2 aromatic heterocycles. The minimum absolute atomic E-state index is 0.0370. The van der Waals surface area contributed by atoms with Crippen LogP contribution in [0.25, 0.3) is 5.00 Å². The number of ether oxygens (including phenoxy) is 1. The van der Waals surface area contributed by atoms with Crippen LogP contribution in [0.1, 0.15) is 55.3 Å². The summed E-state index contributed by atoms with van der Waals surface area (Å²) in [5.41, 5.74) is 5.96.